The molecule has 9 heteroatoms. The molecule has 3 heterocycles. The van der Waals surface area contributed by atoms with Crippen molar-refractivity contribution in [3.63, 3.8) is 0 Å². The van der Waals surface area contributed by atoms with Crippen molar-refractivity contribution in [3.05, 3.63) is 70.7 Å². The standard InChI is InChI=1S/C20H19N3O4S2/c1-13-20(24)22-18-11-15(5-6-19(18)27-13)29(25,26)23-17(10-14-7-9-28-12-14)16-4-2-3-8-21-16/h2-9,11-13,17,23H,10H2,1H3,(H,22,24)/t13-,17+/m1/s1. The smallest absolute Gasteiger partial charge is 0.265 e. The molecule has 1 aliphatic rings. The lowest BCUT2D eigenvalue weighted by molar-refractivity contribution is -0.122. The SMILES string of the molecule is C[C@H]1Oc2ccc(S(=O)(=O)N[C@@H](Cc3ccsc3)c3ccccn3)cc2NC1=O. The van der Waals surface area contributed by atoms with Crippen molar-refractivity contribution in [2.45, 2.75) is 30.4 Å². The zero-order valence-corrected chi connectivity index (χ0v) is 17.2. The van der Waals surface area contributed by atoms with Crippen LogP contribution in [0.15, 0.2) is 64.3 Å². The Morgan fingerprint density at radius 3 is 2.86 bits per heavy atom. The number of amides is 1. The van der Waals surface area contributed by atoms with Crippen LogP contribution in [0.25, 0.3) is 0 Å². The summed E-state index contributed by atoms with van der Waals surface area (Å²) in [6.45, 7) is 1.63. The van der Waals surface area contributed by atoms with Crippen LogP contribution in [-0.2, 0) is 21.2 Å². The second kappa shape index (κ2) is 7.94. The van der Waals surface area contributed by atoms with Crippen molar-refractivity contribution >= 4 is 33.0 Å². The lowest BCUT2D eigenvalue weighted by Gasteiger charge is -2.24. The molecule has 4 rings (SSSR count). The second-order valence-corrected chi connectivity index (χ2v) is 9.17. The minimum absolute atomic E-state index is 0.0425. The molecule has 2 aromatic heterocycles. The van der Waals surface area contributed by atoms with Gasteiger partial charge in [-0.3, -0.25) is 9.78 Å². The summed E-state index contributed by atoms with van der Waals surface area (Å²) >= 11 is 1.56. The largest absolute Gasteiger partial charge is 0.479 e. The quantitative estimate of drug-likeness (QED) is 0.627. The first kappa shape index (κ1) is 19.6. The van der Waals surface area contributed by atoms with E-state index in [1.807, 2.05) is 22.9 Å². The highest BCUT2D eigenvalue weighted by Gasteiger charge is 2.27. The van der Waals surface area contributed by atoms with Crippen LogP contribution in [-0.4, -0.2) is 25.4 Å². The Balaban J connectivity index is 1.63. The van der Waals surface area contributed by atoms with Crippen molar-refractivity contribution in [1.82, 2.24) is 9.71 Å². The van der Waals surface area contributed by atoms with Crippen LogP contribution >= 0.6 is 11.3 Å². The van der Waals surface area contributed by atoms with E-state index in [2.05, 4.69) is 15.0 Å². The predicted molar refractivity (Wildman–Crippen MR) is 110 cm³/mol. The van der Waals surface area contributed by atoms with Gasteiger partial charge in [0, 0.05) is 6.20 Å². The zero-order valence-electron chi connectivity index (χ0n) is 15.5. The molecule has 2 atom stereocenters. The van der Waals surface area contributed by atoms with E-state index in [-0.39, 0.29) is 10.8 Å². The number of fused-ring (bicyclic) bond motifs is 1. The highest BCUT2D eigenvalue weighted by Crippen LogP contribution is 2.32. The fraction of sp³-hybridized carbons (Fsp3) is 0.200. The molecule has 0 radical (unpaired) electrons. The Labute approximate surface area is 172 Å². The van der Waals surface area contributed by atoms with Crippen LogP contribution in [0.5, 0.6) is 5.75 Å². The lowest BCUT2D eigenvalue weighted by Crippen LogP contribution is -2.35. The van der Waals surface area contributed by atoms with Crippen molar-refractivity contribution in [2.24, 2.45) is 0 Å². The average molecular weight is 430 g/mol. The number of nitrogens with zero attached hydrogens (tertiary/aromatic N) is 1. The van der Waals surface area contributed by atoms with Crippen molar-refractivity contribution < 1.29 is 17.9 Å². The molecule has 1 aromatic carbocycles. The summed E-state index contributed by atoms with van der Waals surface area (Å²) in [6.07, 6.45) is 1.49. The van der Waals surface area contributed by atoms with Crippen molar-refractivity contribution in [1.29, 1.82) is 0 Å². The fourth-order valence-corrected chi connectivity index (χ4v) is 4.96. The number of thiophene rings is 1. The summed E-state index contributed by atoms with van der Waals surface area (Å²) in [5.74, 6) is 0.124. The fourth-order valence-electron chi connectivity index (χ4n) is 3.04. The summed E-state index contributed by atoms with van der Waals surface area (Å²) in [5, 5.41) is 6.61. The van der Waals surface area contributed by atoms with E-state index in [0.29, 0.717) is 23.6 Å². The first-order valence-corrected chi connectivity index (χ1v) is 11.4. The van der Waals surface area contributed by atoms with Crippen molar-refractivity contribution in [3.8, 4) is 5.75 Å². The van der Waals surface area contributed by atoms with Gasteiger partial charge in [-0.25, -0.2) is 13.1 Å². The number of nitrogens with one attached hydrogen (secondary N) is 2. The van der Waals surface area contributed by atoms with E-state index in [1.54, 1.807) is 42.7 Å². The maximum absolute atomic E-state index is 13.1. The first-order valence-electron chi connectivity index (χ1n) is 8.98. The summed E-state index contributed by atoms with van der Waals surface area (Å²) in [6, 6.07) is 11.2. The second-order valence-electron chi connectivity index (χ2n) is 6.67. The summed E-state index contributed by atoms with van der Waals surface area (Å²) in [4.78, 5) is 16.2. The normalized spacial score (nSPS) is 17.1. The molecule has 0 saturated heterocycles. The van der Waals surface area contributed by atoms with E-state index in [1.165, 1.54) is 12.1 Å². The van der Waals surface area contributed by atoms with Gasteiger partial charge in [-0.1, -0.05) is 6.07 Å². The van der Waals surface area contributed by atoms with Gasteiger partial charge in [-0.05, 0) is 66.1 Å². The minimum Gasteiger partial charge on any atom is -0.479 e. The molecule has 0 bridgehead atoms. The van der Waals surface area contributed by atoms with Gasteiger partial charge in [0.25, 0.3) is 5.91 Å². The van der Waals surface area contributed by atoms with Crippen molar-refractivity contribution in [2.75, 3.05) is 5.32 Å². The molecule has 0 spiro atoms. The predicted octanol–water partition coefficient (Wildman–Crippen LogP) is 3.12. The minimum atomic E-state index is -3.87. The molecule has 0 unspecified atom stereocenters. The van der Waals surface area contributed by atoms with Gasteiger partial charge in [0.2, 0.25) is 10.0 Å². The van der Waals surface area contributed by atoms with E-state index < -0.39 is 22.2 Å². The highest BCUT2D eigenvalue weighted by atomic mass is 32.2. The molecule has 2 N–H and O–H groups in total. The molecular weight excluding hydrogens is 410 g/mol. The Morgan fingerprint density at radius 1 is 1.28 bits per heavy atom. The van der Waals surface area contributed by atoms with Crippen LogP contribution in [0.2, 0.25) is 0 Å². The molecule has 150 valence electrons. The van der Waals surface area contributed by atoms with Crippen LogP contribution in [0.1, 0.15) is 24.2 Å². The summed E-state index contributed by atoms with van der Waals surface area (Å²) < 4.78 is 34.4. The third-order valence-corrected chi connectivity index (χ3v) is 6.76. The van der Waals surface area contributed by atoms with Crippen LogP contribution in [0, 0.1) is 0 Å². The maximum Gasteiger partial charge on any atom is 0.265 e. The third kappa shape index (κ3) is 4.31. The third-order valence-electron chi connectivity index (χ3n) is 4.55. The highest BCUT2D eigenvalue weighted by molar-refractivity contribution is 7.89. The molecule has 0 saturated carbocycles. The number of carbonyl (C=O) groups is 1. The van der Waals surface area contributed by atoms with Crippen LogP contribution in [0.3, 0.4) is 0 Å². The van der Waals surface area contributed by atoms with Gasteiger partial charge in [0.1, 0.15) is 5.75 Å². The van der Waals surface area contributed by atoms with Gasteiger partial charge in [0.05, 0.1) is 22.3 Å². The van der Waals surface area contributed by atoms with Crippen LogP contribution in [0.4, 0.5) is 5.69 Å². The van der Waals surface area contributed by atoms with E-state index >= 15 is 0 Å². The number of sulfonamides is 1. The Hall–Kier alpha value is -2.75. The number of aromatic nitrogens is 1. The molecule has 7 nitrogen and oxygen atoms in total. The van der Waals surface area contributed by atoms with E-state index in [4.69, 9.17) is 4.74 Å². The van der Waals surface area contributed by atoms with E-state index in [9.17, 15) is 13.2 Å². The maximum atomic E-state index is 13.1. The zero-order chi connectivity index (χ0) is 20.4. The monoisotopic (exact) mass is 429 g/mol. The summed E-state index contributed by atoms with van der Waals surface area (Å²) in [5.41, 5.74) is 1.99. The average Bonchev–Trinajstić information content (AvgIpc) is 3.22. The Morgan fingerprint density at radius 2 is 2.14 bits per heavy atom. The van der Waals surface area contributed by atoms with E-state index in [0.717, 1.165) is 5.56 Å². The number of ether oxygens (including phenoxy) is 1. The molecular formula is C20H19N3O4S2. The molecule has 0 fully saturated rings. The molecule has 0 aliphatic carbocycles. The number of anilines is 1. The van der Waals surface area contributed by atoms with Gasteiger partial charge in [-0.2, -0.15) is 11.3 Å². The van der Waals surface area contributed by atoms with Gasteiger partial charge in [-0.15, -0.1) is 0 Å². The van der Waals surface area contributed by atoms with Gasteiger partial charge in [0.15, 0.2) is 6.10 Å². The molecule has 29 heavy (non-hydrogen) atoms. The van der Waals surface area contributed by atoms with Gasteiger partial charge >= 0.3 is 0 Å². The number of hydrogen-bond acceptors (Lipinski definition) is 6. The Bertz CT molecular complexity index is 1120. The summed E-state index contributed by atoms with van der Waals surface area (Å²) in [7, 11) is -3.87. The number of carbonyl (C=O) groups excluding carboxylic acids is 1. The Kier molecular flexibility index (Phi) is 5.35. The number of hydrogen-bond donors (Lipinski definition) is 2. The number of benzene rings is 1. The molecule has 1 aliphatic heterocycles. The number of pyridine rings is 1. The topological polar surface area (TPSA) is 97.4 Å². The van der Waals surface area contributed by atoms with Crippen LogP contribution < -0.4 is 14.8 Å². The number of rotatable bonds is 6. The lowest BCUT2D eigenvalue weighted by atomic mass is 10.1. The molecule has 1 amide bonds. The molecule has 3 aromatic rings. The first-order chi connectivity index (χ1) is 13.9. The van der Waals surface area contributed by atoms with Gasteiger partial charge < -0.3 is 10.1 Å².